The first-order valence-electron chi connectivity index (χ1n) is 6.61. The monoisotopic (exact) mass is 336 g/mol. The predicted octanol–water partition coefficient (Wildman–Crippen LogP) is 4.65. The lowest BCUT2D eigenvalue weighted by Gasteiger charge is -2.08. The first kappa shape index (κ1) is 16.5. The van der Waals surface area contributed by atoms with Gasteiger partial charge in [-0.15, -0.1) is 0 Å². The van der Waals surface area contributed by atoms with Gasteiger partial charge in [0, 0.05) is 5.56 Å². The summed E-state index contributed by atoms with van der Waals surface area (Å²) in [6.07, 6.45) is 0. The molecule has 0 aliphatic rings. The molecule has 114 valence electrons. The zero-order chi connectivity index (χ0) is 16.3. The van der Waals surface area contributed by atoms with Gasteiger partial charge < -0.3 is 4.74 Å². The molecule has 2 aromatic rings. The molecular formula is C17H14Cl2O3. The van der Waals surface area contributed by atoms with E-state index >= 15 is 0 Å². The number of hydrogen-bond donors (Lipinski definition) is 0. The van der Waals surface area contributed by atoms with Crippen molar-refractivity contribution in [2.24, 2.45) is 0 Å². The van der Waals surface area contributed by atoms with E-state index < -0.39 is 5.97 Å². The summed E-state index contributed by atoms with van der Waals surface area (Å²) < 4.78 is 5.04. The van der Waals surface area contributed by atoms with E-state index in [1.54, 1.807) is 18.2 Å². The molecule has 2 rings (SSSR count). The highest BCUT2D eigenvalue weighted by Crippen LogP contribution is 2.26. The van der Waals surface area contributed by atoms with Crippen molar-refractivity contribution < 1.29 is 14.3 Å². The molecule has 0 bridgehead atoms. The molecule has 0 saturated carbocycles. The van der Waals surface area contributed by atoms with Gasteiger partial charge in [-0.05, 0) is 37.6 Å². The normalized spacial score (nSPS) is 10.4. The molecule has 0 fully saturated rings. The molecule has 0 aliphatic heterocycles. The fraction of sp³-hybridized carbons (Fsp3) is 0.176. The van der Waals surface area contributed by atoms with Crippen LogP contribution in [0, 0.1) is 13.8 Å². The van der Waals surface area contributed by atoms with Crippen LogP contribution in [-0.4, -0.2) is 18.4 Å². The molecule has 0 spiro atoms. The molecule has 0 amide bonds. The second kappa shape index (κ2) is 6.95. The summed E-state index contributed by atoms with van der Waals surface area (Å²) in [6, 6.07) is 10.2. The fourth-order valence-corrected chi connectivity index (χ4v) is 2.36. The van der Waals surface area contributed by atoms with Gasteiger partial charge >= 0.3 is 5.97 Å². The van der Waals surface area contributed by atoms with Gasteiger partial charge in [0.25, 0.3) is 0 Å². The van der Waals surface area contributed by atoms with Crippen molar-refractivity contribution in [2.75, 3.05) is 6.61 Å². The largest absolute Gasteiger partial charge is 0.454 e. The predicted molar refractivity (Wildman–Crippen MR) is 87.0 cm³/mol. The molecule has 3 nitrogen and oxygen atoms in total. The van der Waals surface area contributed by atoms with Gasteiger partial charge in [-0.3, -0.25) is 4.79 Å². The first-order chi connectivity index (χ1) is 10.4. The second-order valence-electron chi connectivity index (χ2n) is 4.92. The van der Waals surface area contributed by atoms with E-state index in [2.05, 4.69) is 0 Å². The maximum absolute atomic E-state index is 12.2. The summed E-state index contributed by atoms with van der Waals surface area (Å²) in [4.78, 5) is 24.2. The third-order valence-corrected chi connectivity index (χ3v) is 4.02. The average Bonchev–Trinajstić information content (AvgIpc) is 2.49. The number of ketones is 1. The Morgan fingerprint density at radius 3 is 2.50 bits per heavy atom. The molecule has 2 aromatic carbocycles. The van der Waals surface area contributed by atoms with Crippen LogP contribution >= 0.6 is 23.2 Å². The Morgan fingerprint density at radius 1 is 1.05 bits per heavy atom. The van der Waals surface area contributed by atoms with Crippen LogP contribution < -0.4 is 0 Å². The Balaban J connectivity index is 2.09. The Bertz CT molecular complexity index is 725. The molecule has 0 radical (unpaired) electrons. The second-order valence-corrected chi connectivity index (χ2v) is 5.70. The van der Waals surface area contributed by atoms with E-state index in [0.29, 0.717) is 5.56 Å². The highest BCUT2D eigenvalue weighted by molar-refractivity contribution is 6.43. The van der Waals surface area contributed by atoms with Gasteiger partial charge in [-0.2, -0.15) is 0 Å². The lowest BCUT2D eigenvalue weighted by molar-refractivity contribution is 0.0474. The van der Waals surface area contributed by atoms with E-state index in [1.165, 1.54) is 6.07 Å². The molecule has 0 atom stereocenters. The van der Waals surface area contributed by atoms with Gasteiger partial charge in [0.2, 0.25) is 5.78 Å². The summed E-state index contributed by atoms with van der Waals surface area (Å²) in [7, 11) is 0. The highest BCUT2D eigenvalue weighted by Gasteiger charge is 2.17. The van der Waals surface area contributed by atoms with Crippen LogP contribution in [0.25, 0.3) is 0 Å². The number of rotatable bonds is 4. The number of ether oxygens (including phenoxy) is 1. The van der Waals surface area contributed by atoms with Gasteiger partial charge in [0.15, 0.2) is 6.61 Å². The van der Waals surface area contributed by atoms with Gasteiger partial charge in [-0.25, -0.2) is 4.79 Å². The number of carbonyl (C=O) groups excluding carboxylic acids is 2. The molecule has 0 N–H and O–H groups in total. The third kappa shape index (κ3) is 3.67. The number of Topliss-reactive ketones (excluding diaryl/α,β-unsaturated/α-hetero) is 1. The molecule has 22 heavy (non-hydrogen) atoms. The lowest BCUT2D eigenvalue weighted by Crippen LogP contribution is -2.15. The topological polar surface area (TPSA) is 43.4 Å². The summed E-state index contributed by atoms with van der Waals surface area (Å²) in [5, 5.41) is 0.380. The van der Waals surface area contributed by atoms with Crippen LogP contribution in [-0.2, 0) is 4.74 Å². The van der Waals surface area contributed by atoms with E-state index in [9.17, 15) is 9.59 Å². The molecule has 0 saturated heterocycles. The lowest BCUT2D eigenvalue weighted by atomic mass is 10.0. The van der Waals surface area contributed by atoms with Gasteiger partial charge in [0.1, 0.15) is 0 Å². The summed E-state index contributed by atoms with van der Waals surface area (Å²) in [6.45, 7) is 3.39. The Hall–Kier alpha value is -1.84. The van der Waals surface area contributed by atoms with E-state index in [1.807, 2.05) is 26.0 Å². The number of aryl methyl sites for hydroxylation is 2. The first-order valence-corrected chi connectivity index (χ1v) is 7.37. The van der Waals surface area contributed by atoms with Crippen molar-refractivity contribution in [1.82, 2.24) is 0 Å². The number of halogens is 2. The SMILES string of the molecule is Cc1ccc(C)c(C(=O)COC(=O)c2cccc(Cl)c2Cl)c1. The van der Waals surface area contributed by atoms with Crippen LogP contribution in [0.2, 0.25) is 10.0 Å². The van der Waals surface area contributed by atoms with Crippen molar-refractivity contribution in [1.29, 1.82) is 0 Å². The van der Waals surface area contributed by atoms with Crippen molar-refractivity contribution in [3.8, 4) is 0 Å². The van der Waals surface area contributed by atoms with E-state index in [0.717, 1.165) is 11.1 Å². The minimum absolute atomic E-state index is 0.119. The molecule has 0 unspecified atom stereocenters. The zero-order valence-corrected chi connectivity index (χ0v) is 13.7. The van der Waals surface area contributed by atoms with E-state index in [4.69, 9.17) is 27.9 Å². The average molecular weight is 337 g/mol. The summed E-state index contributed by atoms with van der Waals surface area (Å²) in [5.41, 5.74) is 2.50. The summed E-state index contributed by atoms with van der Waals surface area (Å²) >= 11 is 11.8. The molecule has 0 heterocycles. The van der Waals surface area contributed by atoms with Crippen LogP contribution in [0.3, 0.4) is 0 Å². The number of hydrogen-bond acceptors (Lipinski definition) is 3. The van der Waals surface area contributed by atoms with Crippen LogP contribution in [0.15, 0.2) is 36.4 Å². The smallest absolute Gasteiger partial charge is 0.340 e. The molecule has 0 aliphatic carbocycles. The third-order valence-electron chi connectivity index (χ3n) is 3.20. The van der Waals surface area contributed by atoms with E-state index in [-0.39, 0.29) is 28.0 Å². The van der Waals surface area contributed by atoms with Gasteiger partial charge in [0.05, 0.1) is 15.6 Å². The Morgan fingerprint density at radius 2 is 1.77 bits per heavy atom. The molecular weight excluding hydrogens is 323 g/mol. The Kier molecular flexibility index (Phi) is 5.22. The minimum Gasteiger partial charge on any atom is -0.454 e. The number of esters is 1. The molecule has 0 aromatic heterocycles. The summed E-state index contributed by atoms with van der Waals surface area (Å²) in [5.74, 6) is -0.932. The maximum atomic E-state index is 12.2. The highest BCUT2D eigenvalue weighted by atomic mass is 35.5. The van der Waals surface area contributed by atoms with Crippen molar-refractivity contribution >= 4 is 35.0 Å². The zero-order valence-electron chi connectivity index (χ0n) is 12.2. The molecule has 5 heteroatoms. The van der Waals surface area contributed by atoms with Crippen molar-refractivity contribution in [3.63, 3.8) is 0 Å². The maximum Gasteiger partial charge on any atom is 0.340 e. The quantitative estimate of drug-likeness (QED) is 0.602. The van der Waals surface area contributed by atoms with Crippen LogP contribution in [0.5, 0.6) is 0 Å². The number of carbonyl (C=O) groups is 2. The standard InChI is InChI=1S/C17H14Cl2O3/c1-10-6-7-11(2)13(8-10)15(20)9-22-17(21)12-4-3-5-14(18)16(12)19/h3-8H,9H2,1-2H3. The number of benzene rings is 2. The Labute approximate surface area is 138 Å². The van der Waals surface area contributed by atoms with Crippen molar-refractivity contribution in [3.05, 3.63) is 68.7 Å². The minimum atomic E-state index is -0.675. The van der Waals surface area contributed by atoms with Crippen LogP contribution in [0.4, 0.5) is 0 Å². The van der Waals surface area contributed by atoms with Gasteiger partial charge in [-0.1, -0.05) is 47.0 Å². The van der Waals surface area contributed by atoms with Crippen LogP contribution in [0.1, 0.15) is 31.8 Å². The fourth-order valence-electron chi connectivity index (χ4n) is 1.98. The van der Waals surface area contributed by atoms with Crippen molar-refractivity contribution in [2.45, 2.75) is 13.8 Å².